The van der Waals surface area contributed by atoms with Gasteiger partial charge >= 0.3 is 12.1 Å². The second-order valence-electron chi connectivity index (χ2n) is 9.06. The average Bonchev–Trinajstić information content (AvgIpc) is 3.25. The summed E-state index contributed by atoms with van der Waals surface area (Å²) in [5, 5.41) is 6.11. The van der Waals surface area contributed by atoms with Gasteiger partial charge in [0.2, 0.25) is 0 Å². The van der Waals surface area contributed by atoms with Crippen molar-refractivity contribution in [1.82, 2.24) is 5.32 Å². The van der Waals surface area contributed by atoms with Gasteiger partial charge in [0.05, 0.1) is 36.6 Å². The largest absolute Gasteiger partial charge is 0.465 e. The summed E-state index contributed by atoms with van der Waals surface area (Å²) in [6.07, 6.45) is -0.675. The van der Waals surface area contributed by atoms with Crippen LogP contribution in [0.4, 0.5) is 18.9 Å². The Kier molecular flexibility index (Phi) is 6.74. The predicted octanol–water partition coefficient (Wildman–Crippen LogP) is 5.72. The van der Waals surface area contributed by atoms with E-state index >= 15 is 0 Å². The van der Waals surface area contributed by atoms with Crippen LogP contribution in [0.15, 0.2) is 41.8 Å². The van der Waals surface area contributed by atoms with Gasteiger partial charge in [0.15, 0.2) is 0 Å². The lowest BCUT2D eigenvalue weighted by Crippen LogP contribution is -2.49. The third-order valence-corrected chi connectivity index (χ3v) is 7.78. The minimum absolute atomic E-state index is 0.0261. The van der Waals surface area contributed by atoms with Crippen molar-refractivity contribution in [2.45, 2.75) is 37.6 Å². The number of hydrogen-bond donors (Lipinski definition) is 1. The number of thiophene rings is 1. The van der Waals surface area contributed by atoms with Gasteiger partial charge in [-0.25, -0.2) is 4.79 Å². The molecule has 35 heavy (non-hydrogen) atoms. The number of rotatable bonds is 6. The molecule has 1 aliphatic heterocycles. The molecule has 1 saturated heterocycles. The molecular formula is C26H27F3N2O3S. The van der Waals surface area contributed by atoms with Crippen LogP contribution in [0.1, 0.15) is 35.2 Å². The minimum Gasteiger partial charge on any atom is -0.465 e. The fourth-order valence-corrected chi connectivity index (χ4v) is 5.66. The van der Waals surface area contributed by atoms with Crippen LogP contribution in [-0.2, 0) is 15.7 Å². The van der Waals surface area contributed by atoms with Gasteiger partial charge in [-0.15, -0.1) is 11.3 Å². The number of carbonyl (C=O) groups excluding carboxylic acids is 1. The second kappa shape index (κ2) is 9.79. The van der Waals surface area contributed by atoms with Crippen LogP contribution in [0.25, 0.3) is 21.2 Å². The monoisotopic (exact) mass is 504 g/mol. The molecule has 1 atom stereocenters. The van der Waals surface area contributed by atoms with E-state index in [9.17, 15) is 18.0 Å². The summed E-state index contributed by atoms with van der Waals surface area (Å²) >= 11 is 1.26. The summed E-state index contributed by atoms with van der Waals surface area (Å²) in [5.74, 6) is -0.448. The van der Waals surface area contributed by atoms with E-state index in [1.165, 1.54) is 49.8 Å². The van der Waals surface area contributed by atoms with Crippen LogP contribution in [-0.4, -0.2) is 51.5 Å². The number of nitrogens with zero attached hydrogens (tertiary/aromatic N) is 1. The summed E-state index contributed by atoms with van der Waals surface area (Å²) in [6.45, 7) is 2.65. The maximum atomic E-state index is 13.1. The Balaban J connectivity index is 1.43. The molecule has 3 aromatic rings. The third-order valence-electron chi connectivity index (χ3n) is 6.83. The number of benzene rings is 2. The first-order valence-corrected chi connectivity index (χ1v) is 12.6. The van der Waals surface area contributed by atoms with E-state index < -0.39 is 17.7 Å². The summed E-state index contributed by atoms with van der Waals surface area (Å²) in [7, 11) is 1.35. The number of nitrogens with one attached hydrogen (secondary N) is 1. The number of anilines is 1. The van der Waals surface area contributed by atoms with Gasteiger partial charge in [0, 0.05) is 41.3 Å². The molecule has 186 valence electrons. The van der Waals surface area contributed by atoms with Crippen LogP contribution < -0.4 is 10.2 Å². The molecule has 0 radical (unpaired) electrons. The molecule has 1 saturated carbocycles. The molecule has 1 aromatic heterocycles. The predicted molar refractivity (Wildman–Crippen MR) is 131 cm³/mol. The van der Waals surface area contributed by atoms with E-state index in [1.54, 1.807) is 6.07 Å². The topological polar surface area (TPSA) is 50.8 Å². The fourth-order valence-electron chi connectivity index (χ4n) is 4.65. The number of fused-ring (bicyclic) bond motifs is 1. The number of ether oxygens (including phenoxy) is 2. The Morgan fingerprint density at radius 3 is 2.77 bits per heavy atom. The molecule has 5 nitrogen and oxygen atoms in total. The van der Waals surface area contributed by atoms with Crippen LogP contribution in [0.5, 0.6) is 0 Å². The quantitative estimate of drug-likeness (QED) is 0.435. The minimum atomic E-state index is -4.39. The standard InChI is InChI=1S/C26H27F3N2O3S/c1-33-25(32)21-11-16(22-15-35-24-12-17(26(27,28)29)6-7-20(22)24)5-8-23(21)31-9-10-34-19(14-31)13-30-18-3-2-4-18/h5-8,11-12,15,18-19,30H,2-4,9-10,13-14H2,1H3/t19-/m1/s1. The SMILES string of the molecule is COC(=O)c1cc(-c2csc3cc(C(F)(F)F)ccc23)ccc1N1CCO[C@H](CNC2CCC2)C1. The molecule has 9 heteroatoms. The normalized spacial score (nSPS) is 19.1. The van der Waals surface area contributed by atoms with Crippen molar-refractivity contribution in [2.24, 2.45) is 0 Å². The van der Waals surface area contributed by atoms with Gasteiger partial charge in [-0.1, -0.05) is 18.6 Å². The van der Waals surface area contributed by atoms with Crippen molar-refractivity contribution in [2.75, 3.05) is 38.3 Å². The second-order valence-corrected chi connectivity index (χ2v) is 9.97. The van der Waals surface area contributed by atoms with Crippen LogP contribution in [0.3, 0.4) is 0 Å². The van der Waals surface area contributed by atoms with Crippen molar-refractivity contribution in [3.63, 3.8) is 0 Å². The van der Waals surface area contributed by atoms with E-state index in [0.717, 1.165) is 34.8 Å². The first kappa shape index (κ1) is 24.1. The lowest BCUT2D eigenvalue weighted by atomic mass is 9.93. The highest BCUT2D eigenvalue weighted by Gasteiger charge is 2.31. The molecule has 0 spiro atoms. The molecule has 0 bridgehead atoms. The van der Waals surface area contributed by atoms with Crippen LogP contribution in [0.2, 0.25) is 0 Å². The summed E-state index contributed by atoms with van der Waals surface area (Å²) in [4.78, 5) is 14.9. The Morgan fingerprint density at radius 2 is 2.06 bits per heavy atom. The zero-order valence-electron chi connectivity index (χ0n) is 19.4. The van der Waals surface area contributed by atoms with Crippen molar-refractivity contribution in [1.29, 1.82) is 0 Å². The molecule has 2 aromatic carbocycles. The highest BCUT2D eigenvalue weighted by atomic mass is 32.1. The smallest absolute Gasteiger partial charge is 0.416 e. The summed E-state index contributed by atoms with van der Waals surface area (Å²) in [5.41, 5.74) is 2.09. The van der Waals surface area contributed by atoms with Gasteiger partial charge in [0.1, 0.15) is 0 Å². The molecule has 0 amide bonds. The molecule has 5 rings (SSSR count). The number of halogens is 3. The molecule has 2 aliphatic rings. The fraction of sp³-hybridized carbons (Fsp3) is 0.423. The average molecular weight is 505 g/mol. The van der Waals surface area contributed by atoms with Gasteiger partial charge < -0.3 is 19.7 Å². The molecular weight excluding hydrogens is 477 g/mol. The first-order chi connectivity index (χ1) is 16.8. The molecule has 1 N–H and O–H groups in total. The van der Waals surface area contributed by atoms with E-state index in [1.807, 2.05) is 17.5 Å². The third kappa shape index (κ3) is 5.03. The Labute approximate surface area is 205 Å². The van der Waals surface area contributed by atoms with Crippen LogP contribution in [0, 0.1) is 0 Å². The lowest BCUT2D eigenvalue weighted by Gasteiger charge is -2.37. The van der Waals surface area contributed by atoms with E-state index in [2.05, 4.69) is 10.2 Å². The highest BCUT2D eigenvalue weighted by molar-refractivity contribution is 7.17. The number of morpholine rings is 1. The zero-order chi connectivity index (χ0) is 24.6. The maximum Gasteiger partial charge on any atom is 0.416 e. The van der Waals surface area contributed by atoms with E-state index in [4.69, 9.17) is 9.47 Å². The Morgan fingerprint density at radius 1 is 1.23 bits per heavy atom. The number of carbonyl (C=O) groups is 1. The van der Waals surface area contributed by atoms with Gasteiger partial charge in [-0.05, 0) is 48.1 Å². The van der Waals surface area contributed by atoms with Crippen LogP contribution >= 0.6 is 11.3 Å². The molecule has 1 aliphatic carbocycles. The summed E-state index contributed by atoms with van der Waals surface area (Å²) < 4.78 is 50.9. The highest BCUT2D eigenvalue weighted by Crippen LogP contribution is 2.39. The lowest BCUT2D eigenvalue weighted by molar-refractivity contribution is -0.137. The number of alkyl halides is 3. The van der Waals surface area contributed by atoms with E-state index in [0.29, 0.717) is 36.0 Å². The maximum absolute atomic E-state index is 13.1. The molecule has 0 unspecified atom stereocenters. The van der Waals surface area contributed by atoms with Crippen molar-refractivity contribution in [3.05, 3.63) is 52.9 Å². The van der Waals surface area contributed by atoms with E-state index in [-0.39, 0.29) is 6.10 Å². The van der Waals surface area contributed by atoms with Crippen molar-refractivity contribution >= 4 is 33.1 Å². The van der Waals surface area contributed by atoms with Gasteiger partial charge in [-0.3, -0.25) is 0 Å². The molecule has 2 heterocycles. The Bertz CT molecular complexity index is 1220. The van der Waals surface area contributed by atoms with Gasteiger partial charge in [0.25, 0.3) is 0 Å². The summed E-state index contributed by atoms with van der Waals surface area (Å²) in [6, 6.07) is 9.93. The first-order valence-electron chi connectivity index (χ1n) is 11.7. The Hall–Kier alpha value is -2.62. The van der Waals surface area contributed by atoms with Crippen molar-refractivity contribution in [3.8, 4) is 11.1 Å². The zero-order valence-corrected chi connectivity index (χ0v) is 20.2. The number of esters is 1. The number of methoxy groups -OCH3 is 1. The van der Waals surface area contributed by atoms with Crippen molar-refractivity contribution < 1.29 is 27.4 Å². The molecule has 2 fully saturated rings. The number of hydrogen-bond acceptors (Lipinski definition) is 6. The van der Waals surface area contributed by atoms with Gasteiger partial charge in [-0.2, -0.15) is 13.2 Å².